The first kappa shape index (κ1) is 20.2. The molecule has 33 heavy (non-hydrogen) atoms. The Hall–Kier alpha value is -4.72. The fourth-order valence-corrected chi connectivity index (χ4v) is 3.96. The van der Waals surface area contributed by atoms with Crippen LogP contribution in [0, 0.1) is 10.1 Å². The Bertz CT molecular complexity index is 1440. The maximum atomic E-state index is 13.0. The molecule has 2 heterocycles. The van der Waals surface area contributed by atoms with Crippen LogP contribution in [-0.2, 0) is 16.1 Å². The molecule has 0 radical (unpaired) electrons. The van der Waals surface area contributed by atoms with Crippen LogP contribution in [0.4, 0.5) is 11.4 Å². The van der Waals surface area contributed by atoms with Gasteiger partial charge < -0.3 is 4.57 Å². The monoisotopic (exact) mass is 438 g/mol. The summed E-state index contributed by atoms with van der Waals surface area (Å²) in [5.74, 6) is -0.902. The van der Waals surface area contributed by atoms with Crippen molar-refractivity contribution in [2.75, 3.05) is 5.01 Å². The van der Waals surface area contributed by atoms with Gasteiger partial charge in [0.2, 0.25) is 0 Å². The highest BCUT2D eigenvalue weighted by Crippen LogP contribution is 2.27. The van der Waals surface area contributed by atoms with E-state index < -0.39 is 16.7 Å². The molecule has 0 bridgehead atoms. The van der Waals surface area contributed by atoms with Crippen molar-refractivity contribution >= 4 is 40.2 Å². The molecule has 0 aliphatic carbocycles. The third kappa shape index (κ3) is 3.74. The van der Waals surface area contributed by atoms with E-state index in [1.54, 1.807) is 42.5 Å². The summed E-state index contributed by atoms with van der Waals surface area (Å²) in [6.07, 6.45) is 3.44. The lowest BCUT2D eigenvalue weighted by atomic mass is 10.1. The first-order chi connectivity index (χ1) is 16.0. The zero-order valence-electron chi connectivity index (χ0n) is 17.3. The van der Waals surface area contributed by atoms with Gasteiger partial charge in [0.05, 0.1) is 10.6 Å². The largest absolute Gasteiger partial charge is 0.342 e. The van der Waals surface area contributed by atoms with E-state index in [2.05, 4.69) is 5.43 Å². The summed E-state index contributed by atoms with van der Waals surface area (Å²) in [5, 5.41) is 13.2. The van der Waals surface area contributed by atoms with Crippen molar-refractivity contribution in [3.8, 4) is 0 Å². The summed E-state index contributed by atoms with van der Waals surface area (Å²) in [6.45, 7) is 0.404. The number of nitro benzene ring substituents is 1. The lowest BCUT2D eigenvalue weighted by molar-refractivity contribution is -0.384. The number of nitrogens with one attached hydrogen (secondary N) is 1. The molecule has 2 amide bonds. The molecule has 0 saturated carbocycles. The number of aromatic nitrogens is 1. The Morgan fingerprint density at radius 2 is 1.70 bits per heavy atom. The number of rotatable bonds is 5. The van der Waals surface area contributed by atoms with Gasteiger partial charge in [0.1, 0.15) is 5.57 Å². The molecule has 1 saturated heterocycles. The smallest absolute Gasteiger partial charge is 0.282 e. The average Bonchev–Trinajstić information content (AvgIpc) is 3.32. The molecule has 0 atom stereocenters. The lowest BCUT2D eigenvalue weighted by Crippen LogP contribution is -2.35. The summed E-state index contributed by atoms with van der Waals surface area (Å²) in [7, 11) is 0. The minimum Gasteiger partial charge on any atom is -0.342 e. The molecule has 1 N–H and O–H groups in total. The van der Waals surface area contributed by atoms with Crippen LogP contribution in [-0.4, -0.2) is 21.3 Å². The fourth-order valence-electron chi connectivity index (χ4n) is 3.96. The molecule has 0 unspecified atom stereocenters. The van der Waals surface area contributed by atoms with E-state index in [1.165, 1.54) is 11.1 Å². The van der Waals surface area contributed by atoms with Crippen molar-refractivity contribution in [1.29, 1.82) is 0 Å². The van der Waals surface area contributed by atoms with Crippen LogP contribution in [0.15, 0.2) is 90.6 Å². The number of anilines is 1. The number of hydrazine groups is 1. The van der Waals surface area contributed by atoms with Crippen LogP contribution in [0.2, 0.25) is 0 Å². The Morgan fingerprint density at radius 3 is 2.48 bits per heavy atom. The second kappa shape index (κ2) is 8.08. The number of fused-ring (bicyclic) bond motifs is 1. The lowest BCUT2D eigenvalue weighted by Gasteiger charge is -2.13. The van der Waals surface area contributed by atoms with Crippen LogP contribution >= 0.6 is 0 Å². The highest BCUT2D eigenvalue weighted by molar-refractivity contribution is 6.32. The van der Waals surface area contributed by atoms with Crippen molar-refractivity contribution in [3.05, 3.63) is 112 Å². The number of nitro groups is 1. The Labute approximate surface area is 188 Å². The number of hydrogen-bond donors (Lipinski definition) is 1. The first-order valence-corrected chi connectivity index (χ1v) is 10.2. The fraction of sp³-hybridized carbons (Fsp3) is 0.0400. The maximum absolute atomic E-state index is 13.0. The molecule has 1 fully saturated rings. The summed E-state index contributed by atoms with van der Waals surface area (Å²) >= 11 is 0. The zero-order valence-corrected chi connectivity index (χ0v) is 17.3. The highest BCUT2D eigenvalue weighted by Gasteiger charge is 2.34. The molecule has 1 aliphatic heterocycles. The zero-order chi connectivity index (χ0) is 22.9. The predicted octanol–water partition coefficient (Wildman–Crippen LogP) is 4.06. The van der Waals surface area contributed by atoms with Crippen LogP contribution in [0.3, 0.4) is 0 Å². The number of hydrogen-bond acceptors (Lipinski definition) is 4. The Kier molecular flexibility index (Phi) is 4.95. The maximum Gasteiger partial charge on any atom is 0.282 e. The summed E-state index contributed by atoms with van der Waals surface area (Å²) in [4.78, 5) is 36.3. The first-order valence-electron chi connectivity index (χ1n) is 10.2. The van der Waals surface area contributed by atoms with Gasteiger partial charge in [-0.25, -0.2) is 5.01 Å². The van der Waals surface area contributed by atoms with Crippen molar-refractivity contribution in [3.63, 3.8) is 0 Å². The second-order valence-electron chi connectivity index (χ2n) is 7.63. The number of non-ortho nitro benzene ring substituents is 1. The van der Waals surface area contributed by atoms with Crippen LogP contribution in [0.5, 0.6) is 0 Å². The summed E-state index contributed by atoms with van der Waals surface area (Å²) in [5.41, 5.74) is 5.63. The predicted molar refractivity (Wildman–Crippen MR) is 124 cm³/mol. The Balaban J connectivity index is 1.53. The number of nitrogens with zero attached hydrogens (tertiary/aromatic N) is 3. The van der Waals surface area contributed by atoms with E-state index in [9.17, 15) is 19.7 Å². The van der Waals surface area contributed by atoms with Gasteiger partial charge in [-0.05, 0) is 29.8 Å². The van der Waals surface area contributed by atoms with E-state index >= 15 is 0 Å². The number of carbonyl (C=O) groups is 2. The van der Waals surface area contributed by atoms with E-state index in [0.29, 0.717) is 17.8 Å². The molecule has 8 heteroatoms. The van der Waals surface area contributed by atoms with Crippen LogP contribution < -0.4 is 10.4 Å². The standard InChI is InChI=1S/C25H18N4O4/c30-24-22(25(31)28(26-24)19-8-2-1-3-9-19)14-18-16-27(23-12-5-4-11-21(18)23)15-17-7-6-10-20(13-17)29(32)33/h1-14,16H,15H2,(H,26,30). The summed E-state index contributed by atoms with van der Waals surface area (Å²) in [6, 6.07) is 23.0. The van der Waals surface area contributed by atoms with Crippen molar-refractivity contribution in [1.82, 2.24) is 9.99 Å². The molecule has 1 aromatic heterocycles. The molecule has 3 aromatic carbocycles. The van der Waals surface area contributed by atoms with Gasteiger partial charge >= 0.3 is 0 Å². The van der Waals surface area contributed by atoms with Gasteiger partial charge in [-0.2, -0.15) is 0 Å². The van der Waals surface area contributed by atoms with Gasteiger partial charge in [-0.15, -0.1) is 0 Å². The molecule has 4 aromatic rings. The van der Waals surface area contributed by atoms with E-state index in [0.717, 1.165) is 16.5 Å². The molecule has 8 nitrogen and oxygen atoms in total. The van der Waals surface area contributed by atoms with E-state index in [-0.39, 0.29) is 11.3 Å². The van der Waals surface area contributed by atoms with E-state index in [4.69, 9.17) is 0 Å². The minimum atomic E-state index is -0.473. The third-order valence-corrected chi connectivity index (χ3v) is 5.50. The van der Waals surface area contributed by atoms with Gasteiger partial charge in [0.25, 0.3) is 17.5 Å². The van der Waals surface area contributed by atoms with Gasteiger partial charge in [0, 0.05) is 41.3 Å². The molecular weight excluding hydrogens is 420 g/mol. The normalized spacial score (nSPS) is 14.8. The van der Waals surface area contributed by atoms with Crippen molar-refractivity contribution < 1.29 is 14.5 Å². The topological polar surface area (TPSA) is 97.5 Å². The Morgan fingerprint density at radius 1 is 0.939 bits per heavy atom. The number of carbonyl (C=O) groups excluding carboxylic acids is 2. The van der Waals surface area contributed by atoms with Crippen LogP contribution in [0.1, 0.15) is 11.1 Å². The SMILES string of the molecule is O=C1NN(c2ccccc2)C(=O)C1=Cc1cn(Cc2cccc([N+](=O)[O-])c2)c2ccccc12. The average molecular weight is 438 g/mol. The summed E-state index contributed by atoms with van der Waals surface area (Å²) < 4.78 is 1.95. The van der Waals surface area contributed by atoms with Gasteiger partial charge in [0.15, 0.2) is 0 Å². The number of amides is 2. The second-order valence-corrected chi connectivity index (χ2v) is 7.63. The molecule has 162 valence electrons. The quantitative estimate of drug-likeness (QED) is 0.220. The number of benzene rings is 3. The van der Waals surface area contributed by atoms with Gasteiger partial charge in [-0.3, -0.25) is 25.1 Å². The minimum absolute atomic E-state index is 0.0283. The van der Waals surface area contributed by atoms with E-state index in [1.807, 2.05) is 47.2 Å². The molecule has 0 spiro atoms. The molecule has 1 aliphatic rings. The molecule has 5 rings (SSSR count). The number of para-hydroxylation sites is 2. The highest BCUT2D eigenvalue weighted by atomic mass is 16.6. The van der Waals surface area contributed by atoms with Crippen molar-refractivity contribution in [2.45, 2.75) is 6.54 Å². The third-order valence-electron chi connectivity index (χ3n) is 5.50. The van der Waals surface area contributed by atoms with Gasteiger partial charge in [-0.1, -0.05) is 48.5 Å². The molecular formula is C25H18N4O4. The van der Waals surface area contributed by atoms with Crippen molar-refractivity contribution in [2.24, 2.45) is 0 Å². The van der Waals surface area contributed by atoms with Crippen LogP contribution in [0.25, 0.3) is 17.0 Å².